The van der Waals surface area contributed by atoms with Crippen LogP contribution in [0.4, 0.5) is 0 Å². The van der Waals surface area contributed by atoms with E-state index in [0.717, 1.165) is 30.0 Å². The predicted octanol–water partition coefficient (Wildman–Crippen LogP) is 5.28. The van der Waals surface area contributed by atoms with E-state index < -0.39 is 16.6 Å². The highest BCUT2D eigenvalue weighted by Gasteiger charge is 2.35. The summed E-state index contributed by atoms with van der Waals surface area (Å²) in [5.74, 6) is 0.425. The Balaban J connectivity index is 2.13. The third-order valence-electron chi connectivity index (χ3n) is 4.59. The van der Waals surface area contributed by atoms with Crippen molar-refractivity contribution in [3.63, 3.8) is 0 Å². The van der Waals surface area contributed by atoms with Gasteiger partial charge in [0.05, 0.1) is 0 Å². The van der Waals surface area contributed by atoms with Gasteiger partial charge in [-0.25, -0.2) is 0 Å². The summed E-state index contributed by atoms with van der Waals surface area (Å²) >= 11 is 0. The lowest BCUT2D eigenvalue weighted by atomic mass is 10.0. The van der Waals surface area contributed by atoms with Crippen LogP contribution in [0.1, 0.15) is 23.1 Å². The smallest absolute Gasteiger partial charge is 0.209 e. The zero-order valence-electron chi connectivity index (χ0n) is 16.5. The molecule has 1 N–H and O–H groups in total. The fourth-order valence-electron chi connectivity index (χ4n) is 3.54. The zero-order valence-corrected chi connectivity index (χ0v) is 18.5. The lowest BCUT2D eigenvalue weighted by Gasteiger charge is -2.35. The maximum atomic E-state index is 9.95. The Kier molecular flexibility index (Phi) is 6.30. The number of benzene rings is 2. The second kappa shape index (κ2) is 7.89. The topological polar surface area (TPSA) is 29.5 Å². The van der Waals surface area contributed by atoms with E-state index in [0.29, 0.717) is 5.75 Å². The highest BCUT2D eigenvalue weighted by molar-refractivity contribution is 6.92. The van der Waals surface area contributed by atoms with Crippen LogP contribution in [0, 0.1) is 13.8 Å². The van der Waals surface area contributed by atoms with Gasteiger partial charge in [0.25, 0.3) is 0 Å². The van der Waals surface area contributed by atoms with E-state index in [1.807, 2.05) is 13.8 Å². The Bertz CT molecular complexity index is 685. The van der Waals surface area contributed by atoms with Gasteiger partial charge >= 0.3 is 0 Å². The van der Waals surface area contributed by atoms with Crippen molar-refractivity contribution in [1.29, 1.82) is 0 Å². The summed E-state index contributed by atoms with van der Waals surface area (Å²) in [6, 6.07) is 16.2. The summed E-state index contributed by atoms with van der Waals surface area (Å²) in [7, 11) is -3.54. The first-order chi connectivity index (χ1) is 11.6. The van der Waals surface area contributed by atoms with Crippen molar-refractivity contribution in [1.82, 2.24) is 0 Å². The van der Waals surface area contributed by atoms with Gasteiger partial charge in [-0.05, 0) is 80.8 Å². The lowest BCUT2D eigenvalue weighted by molar-refractivity contribution is 0.466. The Morgan fingerprint density at radius 2 is 1.48 bits per heavy atom. The predicted molar refractivity (Wildman–Crippen MR) is 113 cm³/mol. The van der Waals surface area contributed by atoms with Crippen LogP contribution in [0.15, 0.2) is 42.5 Å². The molecule has 0 bridgehead atoms. The van der Waals surface area contributed by atoms with Crippen molar-refractivity contribution in [2.75, 3.05) is 0 Å². The molecule has 2 rings (SSSR count). The lowest BCUT2D eigenvalue weighted by Crippen LogP contribution is -2.53. The number of phenolic OH excluding ortho intramolecular Hbond substituents is 1. The molecule has 1 atom stereocenters. The molecule has 0 aliphatic heterocycles. The average molecular weight is 373 g/mol. The number of rotatable bonds is 7. The van der Waals surface area contributed by atoms with E-state index in [2.05, 4.69) is 68.7 Å². The van der Waals surface area contributed by atoms with Crippen LogP contribution in [0.5, 0.6) is 5.75 Å². The van der Waals surface area contributed by atoms with Gasteiger partial charge in [-0.2, -0.15) is 0 Å². The number of aryl methyl sites for hydroxylation is 3. The van der Waals surface area contributed by atoms with Crippen LogP contribution in [-0.4, -0.2) is 21.7 Å². The van der Waals surface area contributed by atoms with Crippen molar-refractivity contribution >= 4 is 21.8 Å². The highest BCUT2D eigenvalue weighted by Crippen LogP contribution is 2.25. The Morgan fingerprint density at radius 1 is 0.920 bits per heavy atom. The SMILES string of the molecule is Cc1cc(CCC[Si](C)(O[Si](C)(C)C)c2ccccc2)cc(C)c1O. The molecule has 2 aromatic carbocycles. The quantitative estimate of drug-likeness (QED) is 0.670. The van der Waals surface area contributed by atoms with E-state index in [4.69, 9.17) is 4.12 Å². The van der Waals surface area contributed by atoms with E-state index in [9.17, 15) is 5.11 Å². The van der Waals surface area contributed by atoms with Crippen LogP contribution in [0.3, 0.4) is 0 Å². The third-order valence-corrected chi connectivity index (χ3v) is 11.7. The van der Waals surface area contributed by atoms with E-state index in [-0.39, 0.29) is 0 Å². The molecule has 1 unspecified atom stereocenters. The van der Waals surface area contributed by atoms with Crippen LogP contribution in [0.25, 0.3) is 0 Å². The standard InChI is InChI=1S/C21H32O2Si2/c1-17-15-19(16-18(2)21(17)22)11-10-14-25(6,23-24(3,4)5)20-12-8-7-9-13-20/h7-9,12-13,15-16,22H,10-11,14H2,1-6H3. The Morgan fingerprint density at radius 3 is 2.00 bits per heavy atom. The molecule has 0 heterocycles. The Hall–Kier alpha value is -1.37. The van der Waals surface area contributed by atoms with Crippen LogP contribution < -0.4 is 5.19 Å². The van der Waals surface area contributed by atoms with Gasteiger partial charge in [0, 0.05) is 0 Å². The van der Waals surface area contributed by atoms with Gasteiger partial charge in [-0.1, -0.05) is 42.5 Å². The fraction of sp³-hybridized carbons (Fsp3) is 0.429. The molecular formula is C21H32O2Si2. The molecule has 0 saturated heterocycles. The van der Waals surface area contributed by atoms with Gasteiger partial charge < -0.3 is 9.22 Å². The van der Waals surface area contributed by atoms with Crippen LogP contribution in [-0.2, 0) is 10.5 Å². The van der Waals surface area contributed by atoms with Crippen molar-refractivity contribution in [3.05, 3.63) is 59.2 Å². The molecule has 0 aliphatic carbocycles. The molecule has 0 amide bonds. The summed E-state index contributed by atoms with van der Waals surface area (Å²) in [4.78, 5) is 0. The molecule has 0 aromatic heterocycles. The molecule has 136 valence electrons. The number of aromatic hydroxyl groups is 1. The number of hydrogen-bond acceptors (Lipinski definition) is 2. The van der Waals surface area contributed by atoms with Crippen LogP contribution in [0.2, 0.25) is 32.2 Å². The molecule has 2 nitrogen and oxygen atoms in total. The zero-order chi connectivity index (χ0) is 18.7. The van der Waals surface area contributed by atoms with Gasteiger partial charge in [-0.3, -0.25) is 0 Å². The largest absolute Gasteiger partial charge is 0.507 e. The maximum absolute atomic E-state index is 9.95. The van der Waals surface area contributed by atoms with E-state index in [1.54, 1.807) is 0 Å². The molecule has 0 fully saturated rings. The van der Waals surface area contributed by atoms with Crippen molar-refractivity contribution in [3.8, 4) is 5.75 Å². The minimum Gasteiger partial charge on any atom is -0.507 e. The molecular weight excluding hydrogens is 340 g/mol. The molecule has 0 aliphatic rings. The summed E-state index contributed by atoms with van der Waals surface area (Å²) in [6.45, 7) is 13.2. The van der Waals surface area contributed by atoms with Gasteiger partial charge in [0.1, 0.15) is 5.75 Å². The molecule has 2 aromatic rings. The van der Waals surface area contributed by atoms with E-state index >= 15 is 0 Å². The van der Waals surface area contributed by atoms with Crippen molar-refractivity contribution in [2.45, 2.75) is 58.9 Å². The molecule has 4 heteroatoms. The fourth-order valence-corrected chi connectivity index (χ4v) is 11.9. The first-order valence-electron chi connectivity index (χ1n) is 9.15. The highest BCUT2D eigenvalue weighted by atomic mass is 28.4. The average Bonchev–Trinajstić information content (AvgIpc) is 2.51. The molecule has 0 saturated carbocycles. The molecule has 0 radical (unpaired) electrons. The number of hydrogen-bond donors (Lipinski definition) is 1. The number of phenols is 1. The van der Waals surface area contributed by atoms with E-state index in [1.165, 1.54) is 10.8 Å². The second-order valence-electron chi connectivity index (χ2n) is 8.24. The first-order valence-corrected chi connectivity index (χ1v) is 15.2. The normalized spacial score (nSPS) is 14.3. The second-order valence-corrected chi connectivity index (χ2v) is 16.8. The first kappa shape index (κ1) is 20.0. The third kappa shape index (κ3) is 5.56. The summed E-state index contributed by atoms with van der Waals surface area (Å²) in [6.07, 6.45) is 2.15. The monoisotopic (exact) mass is 372 g/mol. The van der Waals surface area contributed by atoms with Crippen molar-refractivity contribution < 1.29 is 9.22 Å². The molecule has 0 spiro atoms. The Labute approximate surface area is 155 Å². The van der Waals surface area contributed by atoms with Gasteiger partial charge in [-0.15, -0.1) is 0 Å². The minimum absolute atomic E-state index is 0.425. The van der Waals surface area contributed by atoms with Gasteiger partial charge in [0.2, 0.25) is 8.32 Å². The summed E-state index contributed by atoms with van der Waals surface area (Å²) in [5, 5.41) is 11.4. The maximum Gasteiger partial charge on any atom is 0.209 e. The van der Waals surface area contributed by atoms with Crippen molar-refractivity contribution in [2.24, 2.45) is 0 Å². The molecule has 25 heavy (non-hydrogen) atoms. The van der Waals surface area contributed by atoms with Gasteiger partial charge in [0.15, 0.2) is 8.32 Å². The minimum atomic E-state index is -1.94. The summed E-state index contributed by atoms with van der Waals surface area (Å²) in [5.41, 5.74) is 3.25. The summed E-state index contributed by atoms with van der Waals surface area (Å²) < 4.78 is 6.75. The van der Waals surface area contributed by atoms with Crippen LogP contribution >= 0.6 is 0 Å².